The predicted octanol–water partition coefficient (Wildman–Crippen LogP) is 4.56. The molecule has 0 unspecified atom stereocenters. The number of hydrogen-bond acceptors (Lipinski definition) is 4. The first-order chi connectivity index (χ1) is 13.6. The molecule has 0 aliphatic rings. The van der Waals surface area contributed by atoms with E-state index < -0.39 is 0 Å². The van der Waals surface area contributed by atoms with E-state index in [4.69, 9.17) is 11.6 Å². The lowest BCUT2D eigenvalue weighted by atomic mass is 10.1. The predicted molar refractivity (Wildman–Crippen MR) is 109 cm³/mol. The molecular formula is C20H16ClFN4OS. The van der Waals surface area contributed by atoms with Crippen LogP contribution in [0, 0.1) is 5.82 Å². The Morgan fingerprint density at radius 2 is 2.00 bits per heavy atom. The molecule has 0 spiro atoms. The Morgan fingerprint density at radius 3 is 2.71 bits per heavy atom. The topological polar surface area (TPSA) is 51.0 Å². The summed E-state index contributed by atoms with van der Waals surface area (Å²) >= 11 is 7.67. The maximum atomic E-state index is 13.2. The van der Waals surface area contributed by atoms with Crippen LogP contribution in [0.2, 0.25) is 5.02 Å². The van der Waals surface area contributed by atoms with Gasteiger partial charge in [0.2, 0.25) is 5.91 Å². The molecule has 2 aromatic heterocycles. The second-order valence-electron chi connectivity index (χ2n) is 6.20. The van der Waals surface area contributed by atoms with Gasteiger partial charge in [0, 0.05) is 18.9 Å². The second-order valence-corrected chi connectivity index (χ2v) is 7.62. The number of benzene rings is 2. The van der Waals surface area contributed by atoms with E-state index in [1.165, 1.54) is 23.5 Å². The number of halogens is 2. The summed E-state index contributed by atoms with van der Waals surface area (Å²) < 4.78 is 15.8. The average molecular weight is 415 g/mol. The molecule has 4 aromatic rings. The Kier molecular flexibility index (Phi) is 5.36. The van der Waals surface area contributed by atoms with Crippen molar-refractivity contribution < 1.29 is 9.18 Å². The first-order valence-corrected chi connectivity index (χ1v) is 9.87. The third kappa shape index (κ3) is 4.05. The first kappa shape index (κ1) is 18.6. The third-order valence-electron chi connectivity index (χ3n) is 4.27. The molecule has 0 saturated heterocycles. The van der Waals surface area contributed by atoms with Crippen LogP contribution in [0.5, 0.6) is 0 Å². The van der Waals surface area contributed by atoms with E-state index in [1.807, 2.05) is 24.4 Å². The molecule has 0 aliphatic carbocycles. The molecule has 0 fully saturated rings. The summed E-state index contributed by atoms with van der Waals surface area (Å²) in [4.78, 5) is 19.3. The maximum absolute atomic E-state index is 13.2. The van der Waals surface area contributed by atoms with Gasteiger partial charge < -0.3 is 0 Å². The Morgan fingerprint density at radius 1 is 1.18 bits per heavy atom. The maximum Gasteiger partial charge on any atom is 0.233 e. The fraction of sp³-hybridized carbons (Fsp3) is 0.150. The van der Waals surface area contributed by atoms with Crippen molar-refractivity contribution in [1.82, 2.24) is 14.8 Å². The van der Waals surface area contributed by atoms with E-state index in [-0.39, 0.29) is 18.1 Å². The average Bonchev–Trinajstić information content (AvgIpc) is 3.34. The Labute approximate surface area is 170 Å². The molecule has 4 rings (SSSR count). The number of fused-ring (bicyclic) bond motifs is 1. The van der Waals surface area contributed by atoms with Crippen molar-refractivity contribution in [3.8, 4) is 0 Å². The molecule has 0 radical (unpaired) electrons. The van der Waals surface area contributed by atoms with Crippen molar-refractivity contribution in [2.24, 2.45) is 0 Å². The molecule has 142 valence electrons. The summed E-state index contributed by atoms with van der Waals surface area (Å²) in [7, 11) is 0. The van der Waals surface area contributed by atoms with E-state index >= 15 is 0 Å². The molecule has 2 heterocycles. The van der Waals surface area contributed by atoms with Gasteiger partial charge in [-0.15, -0.1) is 0 Å². The molecule has 2 aromatic carbocycles. The van der Waals surface area contributed by atoms with Gasteiger partial charge in [-0.1, -0.05) is 41.1 Å². The van der Waals surface area contributed by atoms with Crippen molar-refractivity contribution in [2.75, 3.05) is 11.4 Å². The summed E-state index contributed by atoms with van der Waals surface area (Å²) in [5, 5.41) is 5.33. The molecule has 8 heteroatoms. The number of nitrogens with zero attached hydrogens (tertiary/aromatic N) is 4. The minimum atomic E-state index is -0.326. The van der Waals surface area contributed by atoms with Crippen LogP contribution in [-0.4, -0.2) is 27.2 Å². The number of carbonyl (C=O) groups excluding carboxylic acids is 1. The van der Waals surface area contributed by atoms with E-state index in [2.05, 4.69) is 10.1 Å². The number of amides is 1. The van der Waals surface area contributed by atoms with Gasteiger partial charge in [0.25, 0.3) is 0 Å². The SMILES string of the molecule is O=C(Cc1ccc(F)cc1)N(CCn1cccn1)c1nc2c(Cl)cccc2s1. The van der Waals surface area contributed by atoms with E-state index in [1.54, 1.807) is 34.0 Å². The highest BCUT2D eigenvalue weighted by Crippen LogP contribution is 2.33. The summed E-state index contributed by atoms with van der Waals surface area (Å²) in [6.45, 7) is 0.949. The highest BCUT2D eigenvalue weighted by Gasteiger charge is 2.21. The number of para-hydroxylation sites is 1. The molecular weight excluding hydrogens is 399 g/mol. The number of thiazole rings is 1. The monoisotopic (exact) mass is 414 g/mol. The third-order valence-corrected chi connectivity index (χ3v) is 5.62. The van der Waals surface area contributed by atoms with Crippen LogP contribution in [0.4, 0.5) is 9.52 Å². The molecule has 0 atom stereocenters. The van der Waals surface area contributed by atoms with Gasteiger partial charge in [0.05, 0.1) is 22.7 Å². The first-order valence-electron chi connectivity index (χ1n) is 8.67. The van der Waals surface area contributed by atoms with Gasteiger partial charge in [-0.25, -0.2) is 9.37 Å². The van der Waals surface area contributed by atoms with Crippen LogP contribution in [0.25, 0.3) is 10.2 Å². The summed E-state index contributed by atoms with van der Waals surface area (Å²) in [5.74, 6) is -0.443. The van der Waals surface area contributed by atoms with Crippen molar-refractivity contribution in [1.29, 1.82) is 0 Å². The van der Waals surface area contributed by atoms with Crippen LogP contribution < -0.4 is 4.90 Å². The van der Waals surface area contributed by atoms with Crippen molar-refractivity contribution >= 4 is 44.2 Å². The number of rotatable bonds is 6. The highest BCUT2D eigenvalue weighted by atomic mass is 35.5. The number of aromatic nitrogens is 3. The summed E-state index contributed by atoms with van der Waals surface area (Å²) in [6, 6.07) is 13.4. The number of hydrogen-bond donors (Lipinski definition) is 0. The zero-order chi connectivity index (χ0) is 19.5. The van der Waals surface area contributed by atoms with Crippen molar-refractivity contribution in [2.45, 2.75) is 13.0 Å². The Bertz CT molecular complexity index is 1100. The van der Waals surface area contributed by atoms with E-state index in [0.717, 1.165) is 10.3 Å². The second kappa shape index (κ2) is 8.08. The van der Waals surface area contributed by atoms with Gasteiger partial charge in [0.1, 0.15) is 11.3 Å². The molecule has 1 amide bonds. The quantitative estimate of drug-likeness (QED) is 0.464. The summed E-state index contributed by atoms with van der Waals surface area (Å²) in [5.41, 5.74) is 1.43. The molecule has 0 saturated carbocycles. The van der Waals surface area contributed by atoms with E-state index in [0.29, 0.717) is 28.8 Å². The van der Waals surface area contributed by atoms with Crippen LogP contribution in [0.1, 0.15) is 5.56 Å². The van der Waals surface area contributed by atoms with Crippen LogP contribution in [0.3, 0.4) is 0 Å². The van der Waals surface area contributed by atoms with Crippen molar-refractivity contribution in [3.63, 3.8) is 0 Å². The van der Waals surface area contributed by atoms with Crippen molar-refractivity contribution in [3.05, 3.63) is 77.3 Å². The van der Waals surface area contributed by atoms with Gasteiger partial charge in [-0.05, 0) is 35.9 Å². The van der Waals surface area contributed by atoms with Gasteiger partial charge in [-0.2, -0.15) is 5.10 Å². The number of anilines is 1. The fourth-order valence-electron chi connectivity index (χ4n) is 2.85. The zero-order valence-corrected chi connectivity index (χ0v) is 16.3. The summed E-state index contributed by atoms with van der Waals surface area (Å²) in [6.07, 6.45) is 3.70. The van der Waals surface area contributed by atoms with E-state index in [9.17, 15) is 9.18 Å². The highest BCUT2D eigenvalue weighted by molar-refractivity contribution is 7.22. The van der Waals surface area contributed by atoms with Gasteiger partial charge in [0.15, 0.2) is 5.13 Å². The molecule has 5 nitrogen and oxygen atoms in total. The largest absolute Gasteiger partial charge is 0.286 e. The van der Waals surface area contributed by atoms with Crippen LogP contribution >= 0.6 is 22.9 Å². The standard InChI is InChI=1S/C20H16ClFN4OS/c21-16-3-1-4-17-19(16)24-20(28-17)26(12-11-25-10-2-9-23-25)18(27)13-14-5-7-15(22)8-6-14/h1-10H,11-13H2. The normalized spacial score (nSPS) is 11.1. The number of carbonyl (C=O) groups is 1. The lowest BCUT2D eigenvalue weighted by molar-refractivity contribution is -0.118. The Hall–Kier alpha value is -2.77. The van der Waals surface area contributed by atoms with Crippen LogP contribution in [0.15, 0.2) is 60.9 Å². The fourth-order valence-corrected chi connectivity index (χ4v) is 4.16. The minimum absolute atomic E-state index is 0.117. The molecule has 0 bridgehead atoms. The van der Waals surface area contributed by atoms with Gasteiger partial charge >= 0.3 is 0 Å². The minimum Gasteiger partial charge on any atom is -0.286 e. The molecule has 28 heavy (non-hydrogen) atoms. The molecule has 0 N–H and O–H groups in total. The molecule has 0 aliphatic heterocycles. The smallest absolute Gasteiger partial charge is 0.233 e. The Balaban J connectivity index is 1.62. The lowest BCUT2D eigenvalue weighted by Gasteiger charge is -2.20. The van der Waals surface area contributed by atoms with Crippen LogP contribution in [-0.2, 0) is 17.8 Å². The lowest BCUT2D eigenvalue weighted by Crippen LogP contribution is -2.35. The zero-order valence-electron chi connectivity index (χ0n) is 14.8. The van der Waals surface area contributed by atoms with Gasteiger partial charge in [-0.3, -0.25) is 14.4 Å².